The molecule has 1 fully saturated rings. The summed E-state index contributed by atoms with van der Waals surface area (Å²) in [5, 5.41) is 13.1. The van der Waals surface area contributed by atoms with E-state index >= 15 is 0 Å². The Balaban J connectivity index is 1.75. The van der Waals surface area contributed by atoms with E-state index in [2.05, 4.69) is 5.32 Å². The molecule has 0 bridgehead atoms. The van der Waals surface area contributed by atoms with Gasteiger partial charge in [0.15, 0.2) is 0 Å². The molecule has 0 aliphatic heterocycles. The molecule has 1 saturated carbocycles. The van der Waals surface area contributed by atoms with Crippen LogP contribution < -0.4 is 5.32 Å². The first-order valence-corrected chi connectivity index (χ1v) is 8.17. The van der Waals surface area contributed by atoms with Gasteiger partial charge in [0, 0.05) is 22.5 Å². The van der Waals surface area contributed by atoms with Crippen LogP contribution in [-0.2, 0) is 16.0 Å². The van der Waals surface area contributed by atoms with Crippen LogP contribution in [0.4, 0.5) is 0 Å². The summed E-state index contributed by atoms with van der Waals surface area (Å²) >= 11 is 11.9. The second-order valence-electron chi connectivity index (χ2n) is 5.66. The van der Waals surface area contributed by atoms with E-state index in [9.17, 15) is 9.59 Å². The third-order valence-corrected chi connectivity index (χ3v) is 4.74. The van der Waals surface area contributed by atoms with Gasteiger partial charge in [0.05, 0.1) is 5.92 Å². The molecule has 120 valence electrons. The number of nitrogens with one attached hydrogen (secondary N) is 1. The van der Waals surface area contributed by atoms with Crippen molar-refractivity contribution in [3.8, 4) is 0 Å². The van der Waals surface area contributed by atoms with Gasteiger partial charge in [-0.05, 0) is 49.8 Å². The van der Waals surface area contributed by atoms with Crippen LogP contribution in [-0.4, -0.2) is 23.5 Å². The normalized spacial score (nSPS) is 21.4. The van der Waals surface area contributed by atoms with Gasteiger partial charge < -0.3 is 10.4 Å². The summed E-state index contributed by atoms with van der Waals surface area (Å²) in [6, 6.07) is 5.32. The highest BCUT2D eigenvalue weighted by Crippen LogP contribution is 2.29. The van der Waals surface area contributed by atoms with Gasteiger partial charge in [-0.1, -0.05) is 29.3 Å². The fourth-order valence-corrected chi connectivity index (χ4v) is 3.29. The fourth-order valence-electron chi connectivity index (χ4n) is 2.79. The first-order chi connectivity index (χ1) is 10.5. The van der Waals surface area contributed by atoms with Crippen molar-refractivity contribution in [2.75, 3.05) is 6.54 Å². The molecule has 0 spiro atoms. The smallest absolute Gasteiger partial charge is 0.306 e. The molecular weight excluding hydrogens is 325 g/mol. The number of halogens is 2. The second-order valence-corrected chi connectivity index (χ2v) is 6.51. The number of hydrogen-bond acceptors (Lipinski definition) is 2. The third-order valence-electron chi connectivity index (χ3n) is 4.16. The van der Waals surface area contributed by atoms with E-state index in [4.69, 9.17) is 28.3 Å². The van der Waals surface area contributed by atoms with Crippen molar-refractivity contribution in [1.29, 1.82) is 0 Å². The monoisotopic (exact) mass is 343 g/mol. The van der Waals surface area contributed by atoms with Crippen LogP contribution in [0.5, 0.6) is 0 Å². The number of carboxylic acid groups (broad SMARTS) is 1. The molecule has 1 aliphatic rings. The lowest BCUT2D eigenvalue weighted by molar-refractivity contribution is -0.144. The minimum Gasteiger partial charge on any atom is -0.481 e. The maximum atomic E-state index is 12.1. The van der Waals surface area contributed by atoms with Gasteiger partial charge in [-0.25, -0.2) is 0 Å². The van der Waals surface area contributed by atoms with Gasteiger partial charge in [-0.15, -0.1) is 0 Å². The standard InChI is InChI=1S/C16H19Cl2NO3/c17-13-6-5-10(14(18)9-13)7-8-19-15(20)11-1-3-12(4-2-11)16(21)22/h5-6,9,11-12H,1-4,7-8H2,(H,19,20)(H,21,22). The molecular formula is C16H19Cl2NO3. The minimum absolute atomic E-state index is 0.00826. The highest BCUT2D eigenvalue weighted by molar-refractivity contribution is 6.35. The number of benzene rings is 1. The zero-order valence-corrected chi connectivity index (χ0v) is 13.7. The Labute approximate surface area is 139 Å². The molecule has 0 heterocycles. The Morgan fingerprint density at radius 3 is 2.36 bits per heavy atom. The van der Waals surface area contributed by atoms with Crippen LogP contribution in [0.15, 0.2) is 18.2 Å². The van der Waals surface area contributed by atoms with Gasteiger partial charge >= 0.3 is 5.97 Å². The van der Waals surface area contributed by atoms with E-state index < -0.39 is 5.97 Å². The lowest BCUT2D eigenvalue weighted by atomic mass is 9.81. The van der Waals surface area contributed by atoms with Crippen LogP contribution in [0.1, 0.15) is 31.2 Å². The van der Waals surface area contributed by atoms with Crippen LogP contribution >= 0.6 is 23.2 Å². The summed E-state index contributed by atoms with van der Waals surface area (Å²) in [6.45, 7) is 0.513. The van der Waals surface area contributed by atoms with Crippen LogP contribution in [0.25, 0.3) is 0 Å². The number of rotatable bonds is 5. The van der Waals surface area contributed by atoms with E-state index in [1.165, 1.54) is 0 Å². The van der Waals surface area contributed by atoms with Gasteiger partial charge in [0.25, 0.3) is 0 Å². The average Bonchev–Trinajstić information content (AvgIpc) is 2.49. The van der Waals surface area contributed by atoms with Crippen LogP contribution in [0, 0.1) is 11.8 Å². The maximum absolute atomic E-state index is 12.1. The number of amides is 1. The lowest BCUT2D eigenvalue weighted by Crippen LogP contribution is -2.35. The zero-order valence-electron chi connectivity index (χ0n) is 12.1. The molecule has 6 heteroatoms. The third kappa shape index (κ3) is 4.62. The zero-order chi connectivity index (χ0) is 16.1. The molecule has 2 N–H and O–H groups in total. The number of carboxylic acids is 1. The Kier molecular flexibility index (Phi) is 6.09. The highest BCUT2D eigenvalue weighted by atomic mass is 35.5. The number of carbonyl (C=O) groups is 2. The maximum Gasteiger partial charge on any atom is 0.306 e. The van der Waals surface area contributed by atoms with Crippen molar-refractivity contribution in [2.45, 2.75) is 32.1 Å². The first kappa shape index (κ1) is 17.1. The molecule has 1 amide bonds. The predicted octanol–water partition coefficient (Wildman–Crippen LogP) is 3.54. The average molecular weight is 344 g/mol. The van der Waals surface area contributed by atoms with Crippen molar-refractivity contribution < 1.29 is 14.7 Å². The van der Waals surface area contributed by atoms with Crippen LogP contribution in [0.2, 0.25) is 10.0 Å². The Hall–Kier alpha value is -1.26. The minimum atomic E-state index is -0.753. The van der Waals surface area contributed by atoms with Crippen molar-refractivity contribution in [3.63, 3.8) is 0 Å². The fraction of sp³-hybridized carbons (Fsp3) is 0.500. The Morgan fingerprint density at radius 1 is 1.14 bits per heavy atom. The topological polar surface area (TPSA) is 66.4 Å². The molecule has 1 aromatic carbocycles. The SMILES string of the molecule is O=C(O)C1CCC(C(=O)NCCc2ccc(Cl)cc2Cl)CC1. The Bertz CT molecular complexity index is 554. The van der Waals surface area contributed by atoms with Crippen molar-refractivity contribution >= 4 is 35.1 Å². The van der Waals surface area contributed by atoms with Crippen molar-refractivity contribution in [3.05, 3.63) is 33.8 Å². The van der Waals surface area contributed by atoms with Gasteiger partial charge in [0.1, 0.15) is 0 Å². The quantitative estimate of drug-likeness (QED) is 0.859. The van der Waals surface area contributed by atoms with E-state index in [0.717, 1.165) is 5.56 Å². The van der Waals surface area contributed by atoms with E-state index in [1.54, 1.807) is 12.1 Å². The summed E-state index contributed by atoms with van der Waals surface area (Å²) in [7, 11) is 0. The van der Waals surface area contributed by atoms with E-state index in [-0.39, 0.29) is 17.7 Å². The number of carbonyl (C=O) groups excluding carboxylic acids is 1. The highest BCUT2D eigenvalue weighted by Gasteiger charge is 2.29. The molecule has 1 aromatic rings. The molecule has 0 aromatic heterocycles. The summed E-state index contributed by atoms with van der Waals surface area (Å²) in [5.41, 5.74) is 0.945. The van der Waals surface area contributed by atoms with Gasteiger partial charge in [-0.2, -0.15) is 0 Å². The van der Waals surface area contributed by atoms with Crippen LogP contribution in [0.3, 0.4) is 0 Å². The number of hydrogen-bond donors (Lipinski definition) is 2. The summed E-state index contributed by atoms with van der Waals surface area (Å²) in [5.74, 6) is -1.11. The van der Waals surface area contributed by atoms with Crippen molar-refractivity contribution in [2.24, 2.45) is 11.8 Å². The Morgan fingerprint density at radius 2 is 1.77 bits per heavy atom. The largest absolute Gasteiger partial charge is 0.481 e. The molecule has 22 heavy (non-hydrogen) atoms. The summed E-state index contributed by atoms with van der Waals surface area (Å²) < 4.78 is 0. The van der Waals surface area contributed by atoms with E-state index in [1.807, 2.05) is 6.07 Å². The first-order valence-electron chi connectivity index (χ1n) is 7.42. The molecule has 4 nitrogen and oxygen atoms in total. The predicted molar refractivity (Wildman–Crippen MR) is 86.3 cm³/mol. The summed E-state index contributed by atoms with van der Waals surface area (Å²) in [4.78, 5) is 23.0. The molecule has 0 unspecified atom stereocenters. The number of aliphatic carboxylic acids is 1. The molecule has 0 atom stereocenters. The summed E-state index contributed by atoms with van der Waals surface area (Å²) in [6.07, 6.45) is 3.09. The molecule has 2 rings (SSSR count). The lowest BCUT2D eigenvalue weighted by Gasteiger charge is -2.25. The van der Waals surface area contributed by atoms with Gasteiger partial charge in [0.2, 0.25) is 5.91 Å². The van der Waals surface area contributed by atoms with Gasteiger partial charge in [-0.3, -0.25) is 9.59 Å². The van der Waals surface area contributed by atoms with E-state index in [0.29, 0.717) is 48.7 Å². The molecule has 0 saturated heterocycles. The second kappa shape index (κ2) is 7.84. The van der Waals surface area contributed by atoms with Crippen molar-refractivity contribution in [1.82, 2.24) is 5.32 Å². The molecule has 0 radical (unpaired) electrons. The molecule has 1 aliphatic carbocycles.